The zero-order valence-electron chi connectivity index (χ0n) is 22.3. The first kappa shape index (κ1) is 28.9. The number of hydrogen-bond acceptors (Lipinski definition) is 6. The molecule has 0 radical (unpaired) electrons. The Labute approximate surface area is 238 Å². The fraction of sp³-hybridized carbons (Fsp3) is 0.226. The second-order valence-corrected chi connectivity index (χ2v) is 10.2. The van der Waals surface area contributed by atoms with Crippen LogP contribution >= 0.6 is 12.4 Å². The molecule has 9 heteroatoms. The Morgan fingerprint density at radius 2 is 1.80 bits per heavy atom. The number of rotatable bonds is 11. The van der Waals surface area contributed by atoms with Crippen LogP contribution in [0.15, 0.2) is 89.8 Å². The number of carbonyl (C=O) groups is 1. The minimum Gasteiger partial charge on any atom is -0.490 e. The number of carboxylic acid groups (broad SMARTS) is 1. The van der Waals surface area contributed by atoms with Crippen LogP contribution in [0, 0.1) is 0 Å². The number of halogens is 1. The van der Waals surface area contributed by atoms with Crippen LogP contribution in [-0.4, -0.2) is 51.1 Å². The Morgan fingerprint density at radius 1 is 1.05 bits per heavy atom. The summed E-state index contributed by atoms with van der Waals surface area (Å²) in [6, 6.07) is 22.3. The minimum atomic E-state index is -0.940. The van der Waals surface area contributed by atoms with Gasteiger partial charge in [0.05, 0.1) is 11.1 Å². The number of aliphatic hydroxyl groups excluding tert-OH is 1. The van der Waals surface area contributed by atoms with Crippen molar-refractivity contribution in [3.05, 3.63) is 96.4 Å². The third-order valence-corrected chi connectivity index (χ3v) is 6.72. The third-order valence-electron chi connectivity index (χ3n) is 6.72. The molecule has 0 unspecified atom stereocenters. The Hall–Kier alpha value is -4.11. The van der Waals surface area contributed by atoms with Gasteiger partial charge in [-0.1, -0.05) is 47.6 Å². The molecule has 0 saturated carbocycles. The summed E-state index contributed by atoms with van der Waals surface area (Å²) in [4.78, 5) is 14.6. The molecule has 8 nitrogen and oxygen atoms in total. The molecule has 0 amide bonds. The molecule has 5 aromatic rings. The molecule has 0 aliphatic carbocycles. The van der Waals surface area contributed by atoms with Crippen molar-refractivity contribution in [2.24, 2.45) is 0 Å². The van der Waals surface area contributed by atoms with E-state index in [9.17, 15) is 15.0 Å². The lowest BCUT2D eigenvalue weighted by Crippen LogP contribution is -2.46. The number of fused-ring (bicyclic) bond motifs is 1. The van der Waals surface area contributed by atoms with Crippen LogP contribution in [0.1, 0.15) is 29.8 Å². The predicted molar refractivity (Wildman–Crippen MR) is 157 cm³/mol. The normalized spacial score (nSPS) is 12.2. The summed E-state index contributed by atoms with van der Waals surface area (Å²) in [5.74, 6) is -0.304. The van der Waals surface area contributed by atoms with E-state index in [4.69, 9.17) is 9.26 Å². The first-order chi connectivity index (χ1) is 18.8. The highest BCUT2D eigenvalue weighted by molar-refractivity contribution is 5.97. The van der Waals surface area contributed by atoms with Gasteiger partial charge in [0.1, 0.15) is 30.4 Å². The van der Waals surface area contributed by atoms with Crippen molar-refractivity contribution in [1.29, 1.82) is 0 Å². The second-order valence-electron chi connectivity index (χ2n) is 10.2. The van der Waals surface area contributed by atoms with Crippen LogP contribution < -0.4 is 10.1 Å². The van der Waals surface area contributed by atoms with Gasteiger partial charge < -0.3 is 29.8 Å². The van der Waals surface area contributed by atoms with Gasteiger partial charge in [-0.2, -0.15) is 0 Å². The number of aromatic nitrogens is 2. The lowest BCUT2D eigenvalue weighted by Gasteiger charge is -2.28. The van der Waals surface area contributed by atoms with E-state index in [1.54, 1.807) is 18.2 Å². The van der Waals surface area contributed by atoms with E-state index in [1.807, 2.05) is 54.7 Å². The summed E-state index contributed by atoms with van der Waals surface area (Å²) >= 11 is 0. The maximum Gasteiger partial charge on any atom is 0.335 e. The van der Waals surface area contributed by atoms with Crippen LogP contribution in [-0.2, 0) is 6.42 Å². The fourth-order valence-corrected chi connectivity index (χ4v) is 4.72. The Morgan fingerprint density at radius 3 is 2.52 bits per heavy atom. The molecule has 0 aliphatic heterocycles. The van der Waals surface area contributed by atoms with Gasteiger partial charge in [-0.05, 0) is 55.7 Å². The van der Waals surface area contributed by atoms with Crippen molar-refractivity contribution in [2.45, 2.75) is 31.9 Å². The quantitative estimate of drug-likeness (QED) is 0.157. The average Bonchev–Trinajstić information content (AvgIpc) is 3.62. The molecule has 0 saturated heterocycles. The van der Waals surface area contributed by atoms with E-state index in [1.165, 1.54) is 6.26 Å². The number of benzene rings is 3. The fourth-order valence-electron chi connectivity index (χ4n) is 4.72. The van der Waals surface area contributed by atoms with E-state index >= 15 is 0 Å². The number of ether oxygens (including phenoxy) is 1. The monoisotopic (exact) mass is 561 g/mol. The SMILES string of the molecule is CC(C)(Cc1c[nH]c2c(-c3ccc(C(=O)O)cc3)cccc12)NC[C@H](O)COc1ccccc1-c1ccon1.Cl. The van der Waals surface area contributed by atoms with Crippen molar-refractivity contribution in [3.63, 3.8) is 0 Å². The van der Waals surface area contributed by atoms with E-state index in [0.717, 1.165) is 39.6 Å². The molecule has 208 valence electrons. The Kier molecular flexibility index (Phi) is 8.94. The van der Waals surface area contributed by atoms with Gasteiger partial charge in [0.2, 0.25) is 0 Å². The number of hydrogen-bond donors (Lipinski definition) is 4. The average molecular weight is 562 g/mol. The number of carboxylic acids is 1. The largest absolute Gasteiger partial charge is 0.490 e. The smallest absolute Gasteiger partial charge is 0.335 e. The van der Waals surface area contributed by atoms with Crippen molar-refractivity contribution in [1.82, 2.24) is 15.5 Å². The molecular weight excluding hydrogens is 530 g/mol. The number of aromatic amines is 1. The summed E-state index contributed by atoms with van der Waals surface area (Å²) in [7, 11) is 0. The van der Waals surface area contributed by atoms with Gasteiger partial charge in [0.15, 0.2) is 0 Å². The van der Waals surface area contributed by atoms with Crippen molar-refractivity contribution in [3.8, 4) is 28.1 Å². The maximum atomic E-state index is 11.2. The first-order valence-electron chi connectivity index (χ1n) is 12.8. The van der Waals surface area contributed by atoms with Gasteiger partial charge in [-0.25, -0.2) is 4.79 Å². The van der Waals surface area contributed by atoms with Crippen LogP contribution in [0.5, 0.6) is 5.75 Å². The number of nitrogens with zero attached hydrogens (tertiary/aromatic N) is 1. The van der Waals surface area contributed by atoms with Crippen LogP contribution in [0.25, 0.3) is 33.3 Å². The highest BCUT2D eigenvalue weighted by Gasteiger charge is 2.22. The van der Waals surface area contributed by atoms with Crippen molar-refractivity contribution < 1.29 is 24.3 Å². The molecule has 0 fully saturated rings. The number of aromatic carboxylic acids is 1. The van der Waals surface area contributed by atoms with E-state index in [-0.39, 0.29) is 30.1 Å². The van der Waals surface area contributed by atoms with Gasteiger partial charge >= 0.3 is 5.97 Å². The van der Waals surface area contributed by atoms with Crippen molar-refractivity contribution >= 4 is 29.3 Å². The molecule has 2 aromatic heterocycles. The molecule has 5 rings (SSSR count). The van der Waals surface area contributed by atoms with Gasteiger partial charge in [-0.3, -0.25) is 0 Å². The zero-order valence-corrected chi connectivity index (χ0v) is 23.1. The Bertz CT molecular complexity index is 1560. The molecule has 2 heterocycles. The lowest BCUT2D eigenvalue weighted by atomic mass is 9.93. The van der Waals surface area contributed by atoms with Crippen LogP contribution in [0.2, 0.25) is 0 Å². The highest BCUT2D eigenvalue weighted by Crippen LogP contribution is 2.32. The molecule has 40 heavy (non-hydrogen) atoms. The summed E-state index contributed by atoms with van der Waals surface area (Å²) in [5.41, 5.74) is 5.57. The van der Waals surface area contributed by atoms with E-state index in [0.29, 0.717) is 18.0 Å². The predicted octanol–water partition coefficient (Wildman–Crippen LogP) is 5.96. The molecular formula is C31H32ClN3O5. The lowest BCUT2D eigenvalue weighted by molar-refractivity contribution is 0.0697. The molecule has 0 aliphatic rings. The Balaban J connectivity index is 0.00000370. The second kappa shape index (κ2) is 12.4. The summed E-state index contributed by atoms with van der Waals surface area (Å²) < 4.78 is 10.9. The standard InChI is InChI=1S/C31H31N3O5.ClH/c1-31(2,33-18-23(35)19-38-28-9-4-3-6-26(28)27-14-15-39-34-27)16-22-17-32-29-24(7-5-8-25(22)29)20-10-12-21(13-11-20)30(36)37;/h3-15,17,23,32-33,35H,16,18-19H2,1-2H3,(H,36,37);1H/t23-;/m0./s1. The maximum absolute atomic E-state index is 11.2. The number of para-hydroxylation sites is 2. The van der Waals surface area contributed by atoms with Gasteiger partial charge in [0, 0.05) is 40.9 Å². The van der Waals surface area contributed by atoms with Gasteiger partial charge in [0.25, 0.3) is 0 Å². The number of aliphatic hydroxyl groups is 1. The van der Waals surface area contributed by atoms with E-state index < -0.39 is 12.1 Å². The number of H-pyrrole nitrogens is 1. The van der Waals surface area contributed by atoms with Crippen LogP contribution in [0.4, 0.5) is 0 Å². The third kappa shape index (κ3) is 6.54. The van der Waals surface area contributed by atoms with Gasteiger partial charge in [-0.15, -0.1) is 12.4 Å². The molecule has 4 N–H and O–H groups in total. The molecule has 1 atom stereocenters. The number of nitrogens with one attached hydrogen (secondary N) is 2. The molecule has 3 aromatic carbocycles. The highest BCUT2D eigenvalue weighted by atomic mass is 35.5. The topological polar surface area (TPSA) is 121 Å². The van der Waals surface area contributed by atoms with Crippen LogP contribution in [0.3, 0.4) is 0 Å². The van der Waals surface area contributed by atoms with Crippen molar-refractivity contribution in [2.75, 3.05) is 13.2 Å². The molecule has 0 bridgehead atoms. The number of β-amino-alcohol motifs (C(OH)–C–C–N with tert-alkyl or cyclic N) is 1. The minimum absolute atomic E-state index is 0. The first-order valence-corrected chi connectivity index (χ1v) is 12.8. The molecule has 0 spiro atoms. The summed E-state index contributed by atoms with van der Waals surface area (Å²) in [6.07, 6.45) is 3.55. The summed E-state index contributed by atoms with van der Waals surface area (Å²) in [6.45, 7) is 4.71. The summed E-state index contributed by atoms with van der Waals surface area (Å²) in [5, 5.41) is 28.4. The van der Waals surface area contributed by atoms with E-state index in [2.05, 4.69) is 35.4 Å². The zero-order chi connectivity index (χ0) is 27.4.